The summed E-state index contributed by atoms with van der Waals surface area (Å²) in [7, 11) is 0. The number of rotatable bonds is 7. The molecule has 0 spiro atoms. The molecule has 1 heterocycles. The summed E-state index contributed by atoms with van der Waals surface area (Å²) in [5.74, 6) is -0.175. The number of benzene rings is 1. The van der Waals surface area contributed by atoms with Crippen LogP contribution in [0.15, 0.2) is 29.6 Å². The lowest BCUT2D eigenvalue weighted by atomic mass is 10.2. The Morgan fingerprint density at radius 2 is 2.36 bits per heavy atom. The molecular formula is C15H18FN3O2S. The lowest BCUT2D eigenvalue weighted by Crippen LogP contribution is -2.35. The van der Waals surface area contributed by atoms with Gasteiger partial charge < -0.3 is 15.8 Å². The Hall–Kier alpha value is -1.99. The number of amides is 1. The van der Waals surface area contributed by atoms with Gasteiger partial charge in [-0.3, -0.25) is 4.79 Å². The highest BCUT2D eigenvalue weighted by atomic mass is 32.1. The Morgan fingerprint density at radius 1 is 1.55 bits per heavy atom. The van der Waals surface area contributed by atoms with Gasteiger partial charge in [0.15, 0.2) is 0 Å². The van der Waals surface area contributed by atoms with E-state index >= 15 is 0 Å². The second-order valence-electron chi connectivity index (χ2n) is 4.65. The first kappa shape index (κ1) is 16.4. The molecule has 22 heavy (non-hydrogen) atoms. The monoisotopic (exact) mass is 323 g/mol. The van der Waals surface area contributed by atoms with Gasteiger partial charge in [-0.05, 0) is 18.6 Å². The lowest BCUT2D eigenvalue weighted by Gasteiger charge is -2.18. The van der Waals surface area contributed by atoms with Crippen LogP contribution in [0.1, 0.15) is 28.8 Å². The number of nitrogens with two attached hydrogens (primary N) is 1. The van der Waals surface area contributed by atoms with Crippen molar-refractivity contribution in [3.05, 3.63) is 46.2 Å². The van der Waals surface area contributed by atoms with Gasteiger partial charge in [0.1, 0.15) is 28.4 Å². The number of ether oxygens (including phenoxy) is 1. The topological polar surface area (TPSA) is 77.2 Å². The van der Waals surface area contributed by atoms with Crippen molar-refractivity contribution in [2.75, 3.05) is 6.54 Å². The van der Waals surface area contributed by atoms with Crippen molar-refractivity contribution in [1.82, 2.24) is 10.3 Å². The molecule has 2 aromatic rings. The summed E-state index contributed by atoms with van der Waals surface area (Å²) in [5.41, 5.74) is 5.82. The Balaban J connectivity index is 1.89. The number of halogens is 1. The van der Waals surface area contributed by atoms with Crippen LogP contribution in [0, 0.1) is 5.82 Å². The van der Waals surface area contributed by atoms with Crippen LogP contribution in [0.2, 0.25) is 0 Å². The van der Waals surface area contributed by atoms with Gasteiger partial charge in [-0.2, -0.15) is 0 Å². The maximum Gasteiger partial charge on any atom is 0.270 e. The molecular weight excluding hydrogens is 305 g/mol. The van der Waals surface area contributed by atoms with E-state index in [1.807, 2.05) is 6.92 Å². The van der Waals surface area contributed by atoms with Crippen molar-refractivity contribution in [2.45, 2.75) is 26.0 Å². The molecule has 0 bridgehead atoms. The van der Waals surface area contributed by atoms with Gasteiger partial charge in [-0.25, -0.2) is 9.37 Å². The number of carbonyl (C=O) groups excluding carboxylic acids is 1. The second kappa shape index (κ2) is 7.86. The smallest absolute Gasteiger partial charge is 0.270 e. The van der Waals surface area contributed by atoms with Crippen LogP contribution < -0.4 is 15.8 Å². The van der Waals surface area contributed by atoms with Crippen LogP contribution in [-0.2, 0) is 6.54 Å². The highest BCUT2D eigenvalue weighted by molar-refractivity contribution is 7.09. The van der Waals surface area contributed by atoms with Gasteiger partial charge in [0.05, 0.1) is 6.54 Å². The minimum Gasteiger partial charge on any atom is -0.489 e. The number of nitrogens with zero attached hydrogens (tertiary/aromatic N) is 1. The van der Waals surface area contributed by atoms with E-state index in [0.29, 0.717) is 36.0 Å². The molecule has 0 saturated heterocycles. The molecule has 1 amide bonds. The lowest BCUT2D eigenvalue weighted by molar-refractivity contribution is 0.0921. The predicted molar refractivity (Wildman–Crippen MR) is 83.4 cm³/mol. The molecule has 5 nitrogen and oxygen atoms in total. The van der Waals surface area contributed by atoms with Crippen LogP contribution in [0.4, 0.5) is 4.39 Å². The Kier molecular flexibility index (Phi) is 5.85. The summed E-state index contributed by atoms with van der Waals surface area (Å²) in [6.07, 6.45) is 0.445. The van der Waals surface area contributed by atoms with Gasteiger partial charge in [0.25, 0.3) is 5.91 Å². The summed E-state index contributed by atoms with van der Waals surface area (Å²) in [4.78, 5) is 16.1. The normalized spacial score (nSPS) is 12.0. The van der Waals surface area contributed by atoms with Gasteiger partial charge in [0.2, 0.25) is 0 Å². The molecule has 0 radical (unpaired) electrons. The molecule has 1 atom stereocenters. The number of carbonyl (C=O) groups is 1. The third kappa shape index (κ3) is 4.51. The van der Waals surface area contributed by atoms with Gasteiger partial charge in [0, 0.05) is 18.0 Å². The molecule has 0 aliphatic heterocycles. The molecule has 0 aliphatic rings. The number of nitrogens with one attached hydrogen (secondary N) is 1. The number of hydrogen-bond acceptors (Lipinski definition) is 5. The van der Waals surface area contributed by atoms with E-state index in [2.05, 4.69) is 10.3 Å². The SMILES string of the molecule is CCC(CNC(=O)c1csc(CN)n1)Oc1cccc(F)c1. The van der Waals surface area contributed by atoms with Crippen molar-refractivity contribution in [2.24, 2.45) is 5.73 Å². The first-order chi connectivity index (χ1) is 10.6. The van der Waals surface area contributed by atoms with Crippen LogP contribution in [0.25, 0.3) is 0 Å². The van der Waals surface area contributed by atoms with E-state index in [0.717, 1.165) is 0 Å². The van der Waals surface area contributed by atoms with Crippen LogP contribution in [0.5, 0.6) is 5.75 Å². The van der Waals surface area contributed by atoms with E-state index in [-0.39, 0.29) is 17.8 Å². The summed E-state index contributed by atoms with van der Waals surface area (Å²) in [5, 5.41) is 5.16. The fraction of sp³-hybridized carbons (Fsp3) is 0.333. The zero-order chi connectivity index (χ0) is 15.9. The molecule has 2 rings (SSSR count). The molecule has 7 heteroatoms. The van der Waals surface area contributed by atoms with Crippen LogP contribution >= 0.6 is 11.3 Å². The Labute approximate surface area is 132 Å². The Bertz CT molecular complexity index is 633. The van der Waals surface area contributed by atoms with Gasteiger partial charge >= 0.3 is 0 Å². The molecule has 118 valence electrons. The highest BCUT2D eigenvalue weighted by Crippen LogP contribution is 2.15. The first-order valence-electron chi connectivity index (χ1n) is 6.97. The molecule has 0 saturated carbocycles. The van der Waals surface area contributed by atoms with Crippen LogP contribution in [0.3, 0.4) is 0 Å². The maximum absolute atomic E-state index is 13.1. The predicted octanol–water partition coefficient (Wildman–Crippen LogP) is 2.33. The summed E-state index contributed by atoms with van der Waals surface area (Å²) in [6.45, 7) is 2.57. The third-order valence-corrected chi connectivity index (χ3v) is 3.87. The molecule has 1 unspecified atom stereocenters. The number of hydrogen-bond donors (Lipinski definition) is 2. The van der Waals surface area contributed by atoms with Gasteiger partial charge in [-0.1, -0.05) is 13.0 Å². The second-order valence-corrected chi connectivity index (χ2v) is 5.59. The van der Waals surface area contributed by atoms with Crippen molar-refractivity contribution in [1.29, 1.82) is 0 Å². The van der Waals surface area contributed by atoms with Crippen molar-refractivity contribution < 1.29 is 13.9 Å². The number of thiazole rings is 1. The summed E-state index contributed by atoms with van der Waals surface area (Å²) >= 11 is 1.35. The van der Waals surface area contributed by atoms with E-state index in [1.165, 1.54) is 23.5 Å². The zero-order valence-corrected chi connectivity index (χ0v) is 13.0. The fourth-order valence-corrected chi connectivity index (χ4v) is 2.46. The van der Waals surface area contributed by atoms with E-state index in [1.54, 1.807) is 17.5 Å². The highest BCUT2D eigenvalue weighted by Gasteiger charge is 2.14. The summed E-state index contributed by atoms with van der Waals surface area (Å²) < 4.78 is 18.8. The minimum atomic E-state index is -0.354. The first-order valence-corrected chi connectivity index (χ1v) is 7.85. The standard InChI is InChI=1S/C15H18FN3O2S/c1-2-11(21-12-5-3-4-10(16)6-12)8-18-15(20)13-9-22-14(7-17)19-13/h3-6,9,11H,2,7-8,17H2,1H3,(H,18,20). The zero-order valence-electron chi connectivity index (χ0n) is 12.2. The molecule has 1 aromatic heterocycles. The van der Waals surface area contributed by atoms with Crippen molar-refractivity contribution in [3.8, 4) is 5.75 Å². The van der Waals surface area contributed by atoms with Crippen LogP contribution in [-0.4, -0.2) is 23.5 Å². The molecule has 3 N–H and O–H groups in total. The largest absolute Gasteiger partial charge is 0.489 e. The van der Waals surface area contributed by atoms with Crippen molar-refractivity contribution >= 4 is 17.2 Å². The molecule has 0 aliphatic carbocycles. The quantitative estimate of drug-likeness (QED) is 0.820. The average Bonchev–Trinajstić information content (AvgIpc) is 3.00. The summed E-state index contributed by atoms with van der Waals surface area (Å²) in [6, 6.07) is 5.94. The Morgan fingerprint density at radius 3 is 3.00 bits per heavy atom. The van der Waals surface area contributed by atoms with Crippen molar-refractivity contribution in [3.63, 3.8) is 0 Å². The fourth-order valence-electron chi connectivity index (χ4n) is 1.81. The molecule has 1 aromatic carbocycles. The van der Waals surface area contributed by atoms with Gasteiger partial charge in [-0.15, -0.1) is 11.3 Å². The number of aromatic nitrogens is 1. The van der Waals surface area contributed by atoms with E-state index in [4.69, 9.17) is 10.5 Å². The van der Waals surface area contributed by atoms with E-state index in [9.17, 15) is 9.18 Å². The third-order valence-electron chi connectivity index (χ3n) is 3.00. The van der Waals surface area contributed by atoms with E-state index < -0.39 is 0 Å². The average molecular weight is 323 g/mol. The minimum absolute atomic E-state index is 0.238. The maximum atomic E-state index is 13.1. The molecule has 0 fully saturated rings.